The van der Waals surface area contributed by atoms with Gasteiger partial charge in [-0.15, -0.1) is 10.2 Å². The summed E-state index contributed by atoms with van der Waals surface area (Å²) in [4.78, 5) is 13.4. The predicted octanol–water partition coefficient (Wildman–Crippen LogP) is 1.18. The van der Waals surface area contributed by atoms with Crippen LogP contribution in [0.4, 0.5) is 15.9 Å². The molecule has 2 aromatic rings. The number of hydrogen-bond acceptors (Lipinski definition) is 5. The first kappa shape index (κ1) is 12.9. The number of halogens is 1. The maximum Gasteiger partial charge on any atom is 0.278 e. The fourth-order valence-corrected chi connectivity index (χ4v) is 1.50. The number of hydrogen-bond donors (Lipinski definition) is 2. The Labute approximate surface area is 109 Å². The lowest BCUT2D eigenvalue weighted by molar-refractivity contribution is 0.0987. The number of rotatable bonds is 3. The highest BCUT2D eigenvalue weighted by Gasteiger charge is 2.15. The van der Waals surface area contributed by atoms with Gasteiger partial charge in [-0.05, 0) is 30.3 Å². The molecular formula is C12H12FN5O. The standard InChI is InChI=1S/C12H12FN5O/c1-18(9-4-2-3-8(13)7-9)12(19)10-5-6-11(15-14)17-16-10/h2-7H,14H2,1H3,(H,15,17). The SMILES string of the molecule is CN(C(=O)c1ccc(NN)nn1)c1cccc(F)c1. The van der Waals surface area contributed by atoms with Crippen molar-refractivity contribution in [1.82, 2.24) is 10.2 Å². The molecule has 19 heavy (non-hydrogen) atoms. The van der Waals surface area contributed by atoms with Crippen molar-refractivity contribution in [2.45, 2.75) is 0 Å². The quantitative estimate of drug-likeness (QED) is 0.640. The van der Waals surface area contributed by atoms with Gasteiger partial charge in [0.1, 0.15) is 5.82 Å². The number of nitrogen functional groups attached to an aromatic ring is 1. The first-order valence-electron chi connectivity index (χ1n) is 5.46. The predicted molar refractivity (Wildman–Crippen MR) is 69.0 cm³/mol. The number of carbonyl (C=O) groups is 1. The molecule has 1 aromatic carbocycles. The topological polar surface area (TPSA) is 84.1 Å². The number of benzene rings is 1. The molecule has 0 bridgehead atoms. The molecule has 3 N–H and O–H groups in total. The summed E-state index contributed by atoms with van der Waals surface area (Å²) in [5, 5.41) is 7.45. The molecule has 1 heterocycles. The van der Waals surface area contributed by atoms with E-state index >= 15 is 0 Å². The lowest BCUT2D eigenvalue weighted by atomic mass is 10.2. The second-order valence-corrected chi connectivity index (χ2v) is 3.79. The van der Waals surface area contributed by atoms with E-state index in [1.807, 2.05) is 0 Å². The molecule has 1 amide bonds. The zero-order valence-electron chi connectivity index (χ0n) is 10.2. The van der Waals surface area contributed by atoms with E-state index in [0.717, 1.165) is 0 Å². The average molecular weight is 261 g/mol. The summed E-state index contributed by atoms with van der Waals surface area (Å²) in [6.45, 7) is 0. The van der Waals surface area contributed by atoms with E-state index in [-0.39, 0.29) is 11.6 Å². The zero-order valence-corrected chi connectivity index (χ0v) is 10.2. The van der Waals surface area contributed by atoms with Gasteiger partial charge in [0.15, 0.2) is 11.5 Å². The third-order valence-electron chi connectivity index (χ3n) is 2.53. The van der Waals surface area contributed by atoms with Crippen LogP contribution in [-0.4, -0.2) is 23.2 Å². The first-order chi connectivity index (χ1) is 9.11. The molecule has 0 aliphatic heterocycles. The van der Waals surface area contributed by atoms with E-state index in [1.54, 1.807) is 6.07 Å². The molecule has 0 atom stereocenters. The number of carbonyl (C=O) groups excluding carboxylic acids is 1. The van der Waals surface area contributed by atoms with Crippen LogP contribution < -0.4 is 16.2 Å². The summed E-state index contributed by atoms with van der Waals surface area (Å²) in [5.41, 5.74) is 2.90. The van der Waals surface area contributed by atoms with Crippen molar-refractivity contribution >= 4 is 17.4 Å². The minimum Gasteiger partial charge on any atom is -0.310 e. The highest BCUT2D eigenvalue weighted by atomic mass is 19.1. The molecule has 1 aromatic heterocycles. The molecular weight excluding hydrogens is 249 g/mol. The Balaban J connectivity index is 2.23. The summed E-state index contributed by atoms with van der Waals surface area (Å²) >= 11 is 0. The monoisotopic (exact) mass is 261 g/mol. The minimum atomic E-state index is -0.411. The van der Waals surface area contributed by atoms with Gasteiger partial charge in [-0.3, -0.25) is 4.79 Å². The van der Waals surface area contributed by atoms with Crippen molar-refractivity contribution in [3.05, 3.63) is 47.9 Å². The number of nitrogens with zero attached hydrogens (tertiary/aromatic N) is 3. The van der Waals surface area contributed by atoms with Gasteiger partial charge in [-0.2, -0.15) is 0 Å². The third-order valence-corrected chi connectivity index (χ3v) is 2.53. The molecule has 0 saturated carbocycles. The maximum atomic E-state index is 13.1. The van der Waals surface area contributed by atoms with Crippen LogP contribution in [0.1, 0.15) is 10.5 Å². The summed E-state index contributed by atoms with van der Waals surface area (Å²) in [6.07, 6.45) is 0. The van der Waals surface area contributed by atoms with E-state index in [1.165, 1.54) is 42.3 Å². The molecule has 0 radical (unpaired) electrons. The van der Waals surface area contributed by atoms with E-state index in [2.05, 4.69) is 15.6 Å². The molecule has 98 valence electrons. The van der Waals surface area contributed by atoms with E-state index in [9.17, 15) is 9.18 Å². The average Bonchev–Trinajstić information content (AvgIpc) is 2.46. The normalized spacial score (nSPS) is 10.1. The zero-order chi connectivity index (χ0) is 13.8. The van der Waals surface area contributed by atoms with Gasteiger partial charge < -0.3 is 10.3 Å². The van der Waals surface area contributed by atoms with Gasteiger partial charge in [0.25, 0.3) is 5.91 Å². The number of hydrazine groups is 1. The molecule has 0 spiro atoms. The third kappa shape index (κ3) is 2.83. The van der Waals surface area contributed by atoms with E-state index < -0.39 is 5.82 Å². The molecule has 0 saturated heterocycles. The minimum absolute atomic E-state index is 0.144. The van der Waals surface area contributed by atoms with Crippen molar-refractivity contribution < 1.29 is 9.18 Å². The first-order valence-corrected chi connectivity index (χ1v) is 5.46. The summed E-state index contributed by atoms with van der Waals surface area (Å²) < 4.78 is 13.1. The fourth-order valence-electron chi connectivity index (χ4n) is 1.50. The smallest absolute Gasteiger partial charge is 0.278 e. The molecule has 6 nitrogen and oxygen atoms in total. The Morgan fingerprint density at radius 3 is 2.68 bits per heavy atom. The van der Waals surface area contributed by atoms with Crippen LogP contribution in [0.2, 0.25) is 0 Å². The molecule has 2 rings (SSSR count). The Morgan fingerprint density at radius 2 is 2.11 bits per heavy atom. The van der Waals surface area contributed by atoms with Gasteiger partial charge in [0.2, 0.25) is 0 Å². The lowest BCUT2D eigenvalue weighted by Gasteiger charge is -2.16. The highest BCUT2D eigenvalue weighted by Crippen LogP contribution is 2.16. The highest BCUT2D eigenvalue weighted by molar-refractivity contribution is 6.04. The van der Waals surface area contributed by atoms with Crippen LogP contribution in [-0.2, 0) is 0 Å². The summed E-state index contributed by atoms with van der Waals surface area (Å²) in [7, 11) is 1.54. The number of nitrogens with two attached hydrogens (primary N) is 1. The van der Waals surface area contributed by atoms with E-state index in [4.69, 9.17) is 5.84 Å². The van der Waals surface area contributed by atoms with Crippen molar-refractivity contribution in [3.63, 3.8) is 0 Å². The Bertz CT molecular complexity index is 587. The molecule has 0 aliphatic rings. The van der Waals surface area contributed by atoms with Crippen LogP contribution in [0.15, 0.2) is 36.4 Å². The van der Waals surface area contributed by atoms with Gasteiger partial charge in [0.05, 0.1) is 0 Å². The lowest BCUT2D eigenvalue weighted by Crippen LogP contribution is -2.27. The number of nitrogens with one attached hydrogen (secondary N) is 1. The Kier molecular flexibility index (Phi) is 3.67. The van der Waals surface area contributed by atoms with Gasteiger partial charge >= 0.3 is 0 Å². The molecule has 7 heteroatoms. The molecule has 0 unspecified atom stereocenters. The summed E-state index contributed by atoms with van der Waals surface area (Å²) in [5.74, 6) is 4.71. The van der Waals surface area contributed by atoms with Crippen molar-refractivity contribution in [3.8, 4) is 0 Å². The van der Waals surface area contributed by atoms with Crippen LogP contribution in [0, 0.1) is 5.82 Å². The molecule has 0 aliphatic carbocycles. The second kappa shape index (κ2) is 5.40. The van der Waals surface area contributed by atoms with E-state index in [0.29, 0.717) is 11.5 Å². The number of aromatic nitrogens is 2. The Morgan fingerprint density at radius 1 is 1.32 bits per heavy atom. The Hall–Kier alpha value is -2.54. The molecule has 0 fully saturated rings. The second-order valence-electron chi connectivity index (χ2n) is 3.79. The van der Waals surface area contributed by atoms with Gasteiger partial charge in [-0.25, -0.2) is 10.2 Å². The van der Waals surface area contributed by atoms with Gasteiger partial charge in [0, 0.05) is 12.7 Å². The van der Waals surface area contributed by atoms with Crippen molar-refractivity contribution in [2.24, 2.45) is 5.84 Å². The van der Waals surface area contributed by atoms with Crippen LogP contribution >= 0.6 is 0 Å². The van der Waals surface area contributed by atoms with Crippen molar-refractivity contribution in [1.29, 1.82) is 0 Å². The van der Waals surface area contributed by atoms with Crippen LogP contribution in [0.25, 0.3) is 0 Å². The number of amides is 1. The fraction of sp³-hybridized carbons (Fsp3) is 0.0833. The van der Waals surface area contributed by atoms with Crippen LogP contribution in [0.3, 0.4) is 0 Å². The maximum absolute atomic E-state index is 13.1. The van der Waals surface area contributed by atoms with Crippen LogP contribution in [0.5, 0.6) is 0 Å². The number of anilines is 2. The van der Waals surface area contributed by atoms with Crippen molar-refractivity contribution in [2.75, 3.05) is 17.4 Å². The largest absolute Gasteiger partial charge is 0.310 e. The van der Waals surface area contributed by atoms with Gasteiger partial charge in [-0.1, -0.05) is 6.07 Å². The summed E-state index contributed by atoms with van der Waals surface area (Å²) in [6, 6.07) is 8.75.